The van der Waals surface area contributed by atoms with Crippen LogP contribution in [-0.2, 0) is 10.8 Å². The first kappa shape index (κ1) is 11.6. The average molecular weight is 262 g/mol. The molecular formula is C18H14O2. The highest BCUT2D eigenvalue weighted by Crippen LogP contribution is 2.59. The van der Waals surface area contributed by atoms with Crippen molar-refractivity contribution in [3.8, 4) is 0 Å². The van der Waals surface area contributed by atoms with E-state index >= 15 is 0 Å². The van der Waals surface area contributed by atoms with Gasteiger partial charge in [0.15, 0.2) is 11.6 Å². The first-order valence-corrected chi connectivity index (χ1v) is 6.81. The Morgan fingerprint density at radius 2 is 1.00 bits per heavy atom. The fourth-order valence-corrected chi connectivity index (χ4v) is 4.01. The van der Waals surface area contributed by atoms with Crippen molar-refractivity contribution in [2.24, 2.45) is 0 Å². The molecule has 98 valence electrons. The number of hydrogen-bond acceptors (Lipinski definition) is 2. The molecule has 2 aliphatic carbocycles. The summed E-state index contributed by atoms with van der Waals surface area (Å²) in [5, 5.41) is 0. The molecule has 0 radical (unpaired) electrons. The molecule has 4 rings (SSSR count). The summed E-state index contributed by atoms with van der Waals surface area (Å²) in [5.74, 6) is 0.128. The highest BCUT2D eigenvalue weighted by molar-refractivity contribution is 6.24. The number of carbonyl (C=O) groups excluding carboxylic acids is 2. The number of fused-ring (bicyclic) bond motifs is 5. The van der Waals surface area contributed by atoms with Gasteiger partial charge in [0.1, 0.15) is 0 Å². The maximum absolute atomic E-state index is 13.0. The van der Waals surface area contributed by atoms with Gasteiger partial charge in [-0.3, -0.25) is 9.59 Å². The van der Waals surface area contributed by atoms with Gasteiger partial charge in [-0.05, 0) is 25.0 Å². The van der Waals surface area contributed by atoms with Crippen LogP contribution in [0.5, 0.6) is 0 Å². The van der Waals surface area contributed by atoms with Crippen LogP contribution in [0.15, 0.2) is 48.5 Å². The SMILES string of the molecule is CC12C(=O)c3ccccc3C1(C)C(=O)c1ccccc12. The Kier molecular flexibility index (Phi) is 1.89. The normalized spacial score (nSPS) is 30.1. The van der Waals surface area contributed by atoms with Crippen LogP contribution < -0.4 is 0 Å². The number of ketones is 2. The van der Waals surface area contributed by atoms with Crippen molar-refractivity contribution in [3.63, 3.8) is 0 Å². The highest BCUT2D eigenvalue weighted by atomic mass is 16.1. The van der Waals surface area contributed by atoms with Crippen molar-refractivity contribution in [2.45, 2.75) is 24.7 Å². The van der Waals surface area contributed by atoms with E-state index in [1.54, 1.807) is 0 Å². The number of carbonyl (C=O) groups is 2. The standard InChI is InChI=1S/C18H14O2/c1-17-13-9-5-3-7-11(13)16(20)18(17,2)14-10-6-4-8-12(14)15(17)19/h3-10H,1-2H3. The molecule has 0 fully saturated rings. The summed E-state index contributed by atoms with van der Waals surface area (Å²) in [6, 6.07) is 15.0. The summed E-state index contributed by atoms with van der Waals surface area (Å²) in [6.45, 7) is 3.83. The molecule has 0 saturated heterocycles. The number of rotatable bonds is 0. The average Bonchev–Trinajstić information content (AvgIpc) is 2.78. The predicted molar refractivity (Wildman–Crippen MR) is 76.2 cm³/mol. The minimum Gasteiger partial charge on any atom is -0.293 e. The Morgan fingerprint density at radius 3 is 1.40 bits per heavy atom. The molecule has 2 nitrogen and oxygen atoms in total. The molecule has 0 heterocycles. The fourth-order valence-electron chi connectivity index (χ4n) is 4.01. The van der Waals surface area contributed by atoms with E-state index in [0.717, 1.165) is 11.1 Å². The van der Waals surface area contributed by atoms with Gasteiger partial charge in [0, 0.05) is 11.1 Å². The third-order valence-corrected chi connectivity index (χ3v) is 5.33. The number of hydrogen-bond donors (Lipinski definition) is 0. The van der Waals surface area contributed by atoms with Crippen molar-refractivity contribution in [1.82, 2.24) is 0 Å². The lowest BCUT2D eigenvalue weighted by atomic mass is 9.66. The topological polar surface area (TPSA) is 34.1 Å². The predicted octanol–water partition coefficient (Wildman–Crippen LogP) is 3.29. The maximum Gasteiger partial charge on any atom is 0.174 e. The highest BCUT2D eigenvalue weighted by Gasteiger charge is 2.67. The number of benzene rings is 2. The van der Waals surface area contributed by atoms with Crippen LogP contribution in [-0.4, -0.2) is 11.6 Å². The van der Waals surface area contributed by atoms with E-state index in [-0.39, 0.29) is 11.6 Å². The zero-order valence-electron chi connectivity index (χ0n) is 11.4. The van der Waals surface area contributed by atoms with Crippen LogP contribution in [0.3, 0.4) is 0 Å². The third kappa shape index (κ3) is 0.933. The Bertz CT molecular complexity index is 722. The van der Waals surface area contributed by atoms with E-state index in [2.05, 4.69) is 0 Å². The van der Waals surface area contributed by atoms with Crippen molar-refractivity contribution in [2.75, 3.05) is 0 Å². The van der Waals surface area contributed by atoms with Gasteiger partial charge < -0.3 is 0 Å². The molecule has 2 unspecified atom stereocenters. The van der Waals surface area contributed by atoms with E-state index < -0.39 is 10.8 Å². The molecule has 0 bridgehead atoms. The van der Waals surface area contributed by atoms with E-state index in [4.69, 9.17) is 0 Å². The minimum atomic E-state index is -0.773. The second kappa shape index (κ2) is 3.26. The molecule has 2 aromatic carbocycles. The van der Waals surface area contributed by atoms with Crippen LogP contribution in [0.2, 0.25) is 0 Å². The molecule has 2 aliphatic rings. The van der Waals surface area contributed by atoms with Crippen molar-refractivity contribution in [3.05, 3.63) is 70.8 Å². The van der Waals surface area contributed by atoms with Crippen LogP contribution in [0.1, 0.15) is 45.7 Å². The molecule has 20 heavy (non-hydrogen) atoms. The van der Waals surface area contributed by atoms with Crippen LogP contribution in [0.4, 0.5) is 0 Å². The summed E-state index contributed by atoms with van der Waals surface area (Å²) < 4.78 is 0. The van der Waals surface area contributed by atoms with Crippen molar-refractivity contribution < 1.29 is 9.59 Å². The molecule has 0 aromatic heterocycles. The Morgan fingerprint density at radius 1 is 0.650 bits per heavy atom. The molecule has 2 aromatic rings. The van der Waals surface area contributed by atoms with E-state index in [1.807, 2.05) is 62.4 Å². The zero-order valence-corrected chi connectivity index (χ0v) is 11.4. The second-order valence-electron chi connectivity index (χ2n) is 6.00. The Balaban J connectivity index is 2.15. The maximum atomic E-state index is 13.0. The van der Waals surface area contributed by atoms with Gasteiger partial charge in [-0.2, -0.15) is 0 Å². The monoisotopic (exact) mass is 262 g/mol. The largest absolute Gasteiger partial charge is 0.293 e. The minimum absolute atomic E-state index is 0.0638. The van der Waals surface area contributed by atoms with Crippen LogP contribution in [0.25, 0.3) is 0 Å². The van der Waals surface area contributed by atoms with Gasteiger partial charge in [-0.15, -0.1) is 0 Å². The fraction of sp³-hybridized carbons (Fsp3) is 0.222. The van der Waals surface area contributed by atoms with Crippen molar-refractivity contribution >= 4 is 11.6 Å². The first-order valence-electron chi connectivity index (χ1n) is 6.81. The van der Waals surface area contributed by atoms with Crippen LogP contribution in [0, 0.1) is 0 Å². The van der Waals surface area contributed by atoms with Gasteiger partial charge in [0.05, 0.1) is 10.8 Å². The van der Waals surface area contributed by atoms with Crippen LogP contribution >= 0.6 is 0 Å². The smallest absolute Gasteiger partial charge is 0.174 e. The summed E-state index contributed by atoms with van der Waals surface area (Å²) in [4.78, 5) is 25.9. The van der Waals surface area contributed by atoms with Gasteiger partial charge >= 0.3 is 0 Å². The molecule has 0 N–H and O–H groups in total. The second-order valence-corrected chi connectivity index (χ2v) is 6.00. The Labute approximate surface area is 117 Å². The summed E-state index contributed by atoms with van der Waals surface area (Å²) >= 11 is 0. The lowest BCUT2D eigenvalue weighted by Gasteiger charge is -2.32. The van der Waals surface area contributed by atoms with E-state index in [1.165, 1.54) is 0 Å². The quantitative estimate of drug-likeness (QED) is 0.730. The molecule has 0 aliphatic heterocycles. The lowest BCUT2D eigenvalue weighted by molar-refractivity contribution is 0.0776. The zero-order chi connectivity index (χ0) is 14.1. The first-order chi connectivity index (χ1) is 9.53. The van der Waals surface area contributed by atoms with Gasteiger partial charge in [-0.1, -0.05) is 48.5 Å². The summed E-state index contributed by atoms with van der Waals surface area (Å²) in [7, 11) is 0. The molecule has 0 saturated carbocycles. The lowest BCUT2D eigenvalue weighted by Crippen LogP contribution is -2.44. The van der Waals surface area contributed by atoms with E-state index in [0.29, 0.717) is 11.1 Å². The van der Waals surface area contributed by atoms with Gasteiger partial charge in [0.2, 0.25) is 0 Å². The molecule has 0 amide bonds. The summed E-state index contributed by atoms with van der Waals surface area (Å²) in [6.07, 6.45) is 0. The third-order valence-electron chi connectivity index (χ3n) is 5.33. The van der Waals surface area contributed by atoms with Gasteiger partial charge in [0.25, 0.3) is 0 Å². The van der Waals surface area contributed by atoms with Crippen molar-refractivity contribution in [1.29, 1.82) is 0 Å². The Hall–Kier alpha value is -2.22. The molecule has 0 spiro atoms. The van der Waals surface area contributed by atoms with Gasteiger partial charge in [-0.25, -0.2) is 0 Å². The molecular weight excluding hydrogens is 248 g/mol. The summed E-state index contributed by atoms with van der Waals surface area (Å²) in [5.41, 5.74) is 1.58. The van der Waals surface area contributed by atoms with E-state index in [9.17, 15) is 9.59 Å². The molecule has 2 heteroatoms. The number of Topliss-reactive ketones (excluding diaryl/α,β-unsaturated/α-hetero) is 2. The molecule has 2 atom stereocenters.